The third-order valence-corrected chi connectivity index (χ3v) is 2.65. The van der Waals surface area contributed by atoms with Crippen LogP contribution < -0.4 is 5.32 Å². The Bertz CT molecular complexity index is 403. The normalized spacial score (nSPS) is 10.3. The lowest BCUT2D eigenvalue weighted by atomic mass is 10.1. The number of carbonyl (C=O) groups is 2. The van der Waals surface area contributed by atoms with E-state index in [0.717, 1.165) is 5.56 Å². The van der Waals surface area contributed by atoms with E-state index in [1.165, 1.54) is 0 Å². The second-order valence-corrected chi connectivity index (χ2v) is 4.26. The van der Waals surface area contributed by atoms with Crippen molar-refractivity contribution < 1.29 is 14.7 Å². The number of halogens is 1. The minimum atomic E-state index is -0.819. The molecule has 5 heteroatoms. The van der Waals surface area contributed by atoms with Gasteiger partial charge >= 0.3 is 5.97 Å². The molecule has 2 N–H and O–H groups in total. The van der Waals surface area contributed by atoms with Gasteiger partial charge in [0.25, 0.3) is 0 Å². The summed E-state index contributed by atoms with van der Waals surface area (Å²) in [6, 6.07) is 7.03. The van der Waals surface area contributed by atoms with Crippen molar-refractivity contribution in [2.45, 2.75) is 12.8 Å². The number of hydrogen-bond acceptors (Lipinski definition) is 3. The second-order valence-electron chi connectivity index (χ2n) is 3.88. The van der Waals surface area contributed by atoms with Gasteiger partial charge in [-0.2, -0.15) is 0 Å². The van der Waals surface area contributed by atoms with Crippen LogP contribution in [0.15, 0.2) is 24.3 Å². The first-order valence-electron chi connectivity index (χ1n) is 5.74. The third kappa shape index (κ3) is 5.29. The number of carboxylic acid groups (broad SMARTS) is 1. The molecule has 18 heavy (non-hydrogen) atoms. The van der Waals surface area contributed by atoms with E-state index in [4.69, 9.17) is 16.7 Å². The Labute approximate surface area is 111 Å². The summed E-state index contributed by atoms with van der Waals surface area (Å²) < 4.78 is 0. The highest BCUT2D eigenvalue weighted by Crippen LogP contribution is 2.07. The molecular weight excluding hydrogens is 254 g/mol. The maximum Gasteiger partial charge on any atom is 0.303 e. The highest BCUT2D eigenvalue weighted by Gasteiger charge is 2.05. The SMILES string of the molecule is O=C(O)CCc1ccc(C(=O)CNCCCl)cc1. The monoisotopic (exact) mass is 269 g/mol. The minimum absolute atomic E-state index is 0.00454. The van der Waals surface area contributed by atoms with E-state index >= 15 is 0 Å². The van der Waals surface area contributed by atoms with Gasteiger partial charge in [0.1, 0.15) is 0 Å². The molecule has 0 radical (unpaired) electrons. The van der Waals surface area contributed by atoms with Crippen molar-refractivity contribution in [1.29, 1.82) is 0 Å². The quantitative estimate of drug-likeness (QED) is 0.428. The average molecular weight is 270 g/mol. The number of rotatable bonds is 8. The molecule has 0 fully saturated rings. The number of nitrogens with one attached hydrogen (secondary N) is 1. The predicted molar refractivity (Wildman–Crippen MR) is 70.3 cm³/mol. The molecule has 4 nitrogen and oxygen atoms in total. The fourth-order valence-electron chi connectivity index (χ4n) is 1.48. The van der Waals surface area contributed by atoms with E-state index in [-0.39, 0.29) is 18.7 Å². The van der Waals surface area contributed by atoms with Crippen LogP contribution in [-0.4, -0.2) is 35.8 Å². The van der Waals surface area contributed by atoms with Crippen molar-refractivity contribution in [3.05, 3.63) is 35.4 Å². The highest BCUT2D eigenvalue weighted by molar-refractivity contribution is 6.18. The molecule has 0 spiro atoms. The number of carboxylic acids is 1. The third-order valence-electron chi connectivity index (χ3n) is 2.46. The molecule has 0 aromatic heterocycles. The van der Waals surface area contributed by atoms with Crippen LogP contribution in [0.2, 0.25) is 0 Å². The first kappa shape index (κ1) is 14.7. The summed E-state index contributed by atoms with van der Waals surface area (Å²) in [6.45, 7) is 0.866. The lowest BCUT2D eigenvalue weighted by Crippen LogP contribution is -2.24. The van der Waals surface area contributed by atoms with Gasteiger partial charge < -0.3 is 10.4 Å². The van der Waals surface area contributed by atoms with Crippen LogP contribution in [0, 0.1) is 0 Å². The molecule has 1 aromatic rings. The molecule has 1 rings (SSSR count). The van der Waals surface area contributed by atoms with Crippen LogP contribution >= 0.6 is 11.6 Å². The maximum absolute atomic E-state index is 11.7. The van der Waals surface area contributed by atoms with Crippen molar-refractivity contribution in [2.24, 2.45) is 0 Å². The summed E-state index contributed by atoms with van der Waals surface area (Å²) in [5, 5.41) is 11.5. The molecule has 0 aliphatic heterocycles. The maximum atomic E-state index is 11.7. The van der Waals surface area contributed by atoms with Gasteiger partial charge in [-0.25, -0.2) is 0 Å². The van der Waals surface area contributed by atoms with Crippen molar-refractivity contribution in [3.8, 4) is 0 Å². The number of Topliss-reactive ketones (excluding diaryl/α,β-unsaturated/α-hetero) is 1. The summed E-state index contributed by atoms with van der Waals surface area (Å²) >= 11 is 5.49. The van der Waals surface area contributed by atoms with Gasteiger partial charge in [0.05, 0.1) is 6.54 Å². The summed E-state index contributed by atoms with van der Waals surface area (Å²) in [6.07, 6.45) is 0.582. The van der Waals surface area contributed by atoms with Crippen molar-refractivity contribution in [3.63, 3.8) is 0 Å². The first-order chi connectivity index (χ1) is 8.63. The molecule has 0 heterocycles. The molecule has 0 saturated carbocycles. The van der Waals surface area contributed by atoms with E-state index in [0.29, 0.717) is 24.4 Å². The van der Waals surface area contributed by atoms with E-state index in [2.05, 4.69) is 5.32 Å². The van der Waals surface area contributed by atoms with Crippen LogP contribution in [0.1, 0.15) is 22.3 Å². The highest BCUT2D eigenvalue weighted by atomic mass is 35.5. The molecule has 1 aromatic carbocycles. The summed E-state index contributed by atoms with van der Waals surface area (Å²) in [7, 11) is 0. The van der Waals surface area contributed by atoms with Crippen molar-refractivity contribution in [2.75, 3.05) is 19.0 Å². The minimum Gasteiger partial charge on any atom is -0.481 e. The topological polar surface area (TPSA) is 66.4 Å². The smallest absolute Gasteiger partial charge is 0.303 e. The Balaban J connectivity index is 2.48. The van der Waals surface area contributed by atoms with Gasteiger partial charge in [0, 0.05) is 24.4 Å². The van der Waals surface area contributed by atoms with Crippen molar-refractivity contribution >= 4 is 23.4 Å². The molecule has 0 amide bonds. The Morgan fingerprint density at radius 2 is 1.89 bits per heavy atom. The van der Waals surface area contributed by atoms with E-state index < -0.39 is 5.97 Å². The molecule has 0 aliphatic rings. The number of aryl methyl sites for hydroxylation is 1. The van der Waals surface area contributed by atoms with Crippen LogP contribution in [0.4, 0.5) is 0 Å². The van der Waals surface area contributed by atoms with Crippen molar-refractivity contribution in [1.82, 2.24) is 5.32 Å². The predicted octanol–water partition coefficient (Wildman–Crippen LogP) is 1.71. The summed E-state index contributed by atoms with van der Waals surface area (Å²) in [5.74, 6) is -0.341. The van der Waals surface area contributed by atoms with Crippen LogP contribution in [0.3, 0.4) is 0 Å². The lowest BCUT2D eigenvalue weighted by Gasteiger charge is -2.04. The Hall–Kier alpha value is -1.39. The number of alkyl halides is 1. The van der Waals surface area contributed by atoms with E-state index in [1.54, 1.807) is 24.3 Å². The molecule has 0 unspecified atom stereocenters. The summed E-state index contributed by atoms with van der Waals surface area (Å²) in [5.41, 5.74) is 1.54. The van der Waals surface area contributed by atoms with Crippen LogP contribution in [0.5, 0.6) is 0 Å². The molecule has 0 atom stereocenters. The Morgan fingerprint density at radius 1 is 1.22 bits per heavy atom. The largest absolute Gasteiger partial charge is 0.481 e. The molecule has 98 valence electrons. The van der Waals surface area contributed by atoms with Crippen LogP contribution in [0.25, 0.3) is 0 Å². The molecule has 0 bridgehead atoms. The van der Waals surface area contributed by atoms with E-state index in [1.807, 2.05) is 0 Å². The number of aliphatic carboxylic acids is 1. The Morgan fingerprint density at radius 3 is 2.44 bits per heavy atom. The number of ketones is 1. The fourth-order valence-corrected chi connectivity index (χ4v) is 1.61. The fraction of sp³-hybridized carbons (Fsp3) is 0.385. The molecule has 0 aliphatic carbocycles. The molecular formula is C13H16ClNO3. The second kappa shape index (κ2) is 7.84. The summed E-state index contributed by atoms with van der Waals surface area (Å²) in [4.78, 5) is 22.1. The standard InChI is InChI=1S/C13H16ClNO3/c14-7-8-15-9-12(16)11-4-1-10(2-5-11)3-6-13(17)18/h1-2,4-5,15H,3,6-9H2,(H,17,18). The molecule has 0 saturated heterocycles. The van der Waals surface area contributed by atoms with Crippen LogP contribution in [-0.2, 0) is 11.2 Å². The van der Waals surface area contributed by atoms with Gasteiger partial charge in [-0.1, -0.05) is 24.3 Å². The number of hydrogen-bond donors (Lipinski definition) is 2. The van der Waals surface area contributed by atoms with Gasteiger partial charge in [0.15, 0.2) is 5.78 Å². The zero-order chi connectivity index (χ0) is 13.4. The average Bonchev–Trinajstić information content (AvgIpc) is 2.37. The van der Waals surface area contributed by atoms with Gasteiger partial charge in [-0.05, 0) is 12.0 Å². The Kier molecular flexibility index (Phi) is 6.39. The van der Waals surface area contributed by atoms with Gasteiger partial charge in [0.2, 0.25) is 0 Å². The number of benzene rings is 1. The number of carbonyl (C=O) groups excluding carboxylic acids is 1. The zero-order valence-corrected chi connectivity index (χ0v) is 10.7. The van der Waals surface area contributed by atoms with Gasteiger partial charge in [-0.3, -0.25) is 9.59 Å². The zero-order valence-electron chi connectivity index (χ0n) is 9.99. The van der Waals surface area contributed by atoms with Gasteiger partial charge in [-0.15, -0.1) is 11.6 Å². The lowest BCUT2D eigenvalue weighted by molar-refractivity contribution is -0.136. The first-order valence-corrected chi connectivity index (χ1v) is 6.27. The van der Waals surface area contributed by atoms with E-state index in [9.17, 15) is 9.59 Å².